The predicted molar refractivity (Wildman–Crippen MR) is 125 cm³/mol. The normalized spacial score (nSPS) is 17.2. The quantitative estimate of drug-likeness (QED) is 0.609. The molecule has 8 nitrogen and oxygen atoms in total. The fourth-order valence-corrected chi connectivity index (χ4v) is 4.27. The number of amides is 2. The second-order valence-electron chi connectivity index (χ2n) is 8.46. The van der Waals surface area contributed by atoms with Crippen LogP contribution in [-0.4, -0.2) is 40.7 Å². The Hall–Kier alpha value is -3.98. The standard InChI is InChI=1S/C26H24FN3O5/c27-18-10-8-17(9-11-18)14-28-25(32)20-15-29-16-21-30(12-4-5-13-34-21)26(33)22(29)24(23(20)31)35-19-6-2-1-3-7-19/h1-3,6-11,15,21H,4-5,12-14,16H2,(H,28,32). The van der Waals surface area contributed by atoms with Crippen LogP contribution in [0.5, 0.6) is 11.5 Å². The van der Waals surface area contributed by atoms with Crippen LogP contribution >= 0.6 is 0 Å². The number of rotatable bonds is 5. The summed E-state index contributed by atoms with van der Waals surface area (Å²) in [6, 6.07) is 14.3. The molecule has 180 valence electrons. The molecule has 2 aromatic carbocycles. The van der Waals surface area contributed by atoms with Gasteiger partial charge in [0.2, 0.25) is 11.2 Å². The number of benzene rings is 2. The van der Waals surface area contributed by atoms with Crippen molar-refractivity contribution in [2.24, 2.45) is 0 Å². The molecule has 9 heteroatoms. The maximum Gasteiger partial charge on any atom is 0.276 e. The van der Waals surface area contributed by atoms with Gasteiger partial charge in [0.15, 0.2) is 11.9 Å². The Morgan fingerprint density at radius 1 is 1.09 bits per heavy atom. The Kier molecular flexibility index (Phi) is 6.33. The van der Waals surface area contributed by atoms with Crippen LogP contribution in [0.2, 0.25) is 0 Å². The number of hydrogen-bond acceptors (Lipinski definition) is 5. The molecule has 2 aliphatic rings. The third-order valence-corrected chi connectivity index (χ3v) is 6.08. The first-order chi connectivity index (χ1) is 17.0. The summed E-state index contributed by atoms with van der Waals surface area (Å²) < 4.78 is 26.5. The van der Waals surface area contributed by atoms with Gasteiger partial charge in [-0.2, -0.15) is 0 Å². The minimum atomic E-state index is -0.681. The molecule has 35 heavy (non-hydrogen) atoms. The van der Waals surface area contributed by atoms with Gasteiger partial charge >= 0.3 is 0 Å². The minimum absolute atomic E-state index is 0.0932. The smallest absolute Gasteiger partial charge is 0.276 e. The number of halogens is 1. The Morgan fingerprint density at radius 2 is 1.86 bits per heavy atom. The van der Waals surface area contributed by atoms with Crippen LogP contribution in [0.1, 0.15) is 39.3 Å². The molecule has 1 atom stereocenters. The molecule has 3 aromatic rings. The largest absolute Gasteiger partial charge is 0.451 e. The molecule has 2 amide bonds. The molecule has 5 rings (SSSR count). The number of pyridine rings is 1. The molecule has 2 aliphatic heterocycles. The van der Waals surface area contributed by atoms with E-state index >= 15 is 0 Å². The Labute approximate surface area is 200 Å². The van der Waals surface area contributed by atoms with Crippen molar-refractivity contribution in [2.45, 2.75) is 32.2 Å². The SMILES string of the molecule is O=C(NCc1ccc(F)cc1)c1cn2c(c(Oc3ccccc3)c1=O)C(=O)N1CCCCOC1C2. The van der Waals surface area contributed by atoms with Crippen LogP contribution in [0.15, 0.2) is 65.6 Å². The lowest BCUT2D eigenvalue weighted by atomic mass is 10.1. The van der Waals surface area contributed by atoms with Crippen LogP contribution in [-0.2, 0) is 17.8 Å². The Balaban J connectivity index is 1.53. The van der Waals surface area contributed by atoms with Gasteiger partial charge in [-0.25, -0.2) is 4.39 Å². The topological polar surface area (TPSA) is 89.9 Å². The lowest BCUT2D eigenvalue weighted by molar-refractivity contribution is -0.0487. The summed E-state index contributed by atoms with van der Waals surface area (Å²) in [6.45, 7) is 1.42. The summed E-state index contributed by atoms with van der Waals surface area (Å²) in [5.74, 6) is -1.19. The lowest BCUT2D eigenvalue weighted by Gasteiger charge is -2.36. The highest BCUT2D eigenvalue weighted by Gasteiger charge is 2.38. The van der Waals surface area contributed by atoms with Crippen molar-refractivity contribution in [3.8, 4) is 11.5 Å². The summed E-state index contributed by atoms with van der Waals surface area (Å²) in [5, 5.41) is 2.69. The molecule has 0 spiro atoms. The second-order valence-corrected chi connectivity index (χ2v) is 8.46. The molecule has 1 saturated heterocycles. The van der Waals surface area contributed by atoms with Gasteiger partial charge in [0.25, 0.3) is 11.8 Å². The molecule has 0 aliphatic carbocycles. The average Bonchev–Trinajstić information content (AvgIpc) is 3.11. The zero-order valence-corrected chi connectivity index (χ0v) is 18.9. The van der Waals surface area contributed by atoms with Crippen molar-refractivity contribution in [3.63, 3.8) is 0 Å². The van der Waals surface area contributed by atoms with Crippen LogP contribution in [0.3, 0.4) is 0 Å². The maximum absolute atomic E-state index is 13.5. The van der Waals surface area contributed by atoms with Crippen molar-refractivity contribution in [3.05, 3.63) is 93.7 Å². The highest BCUT2D eigenvalue weighted by atomic mass is 19.1. The number of aromatic nitrogens is 1. The second kappa shape index (κ2) is 9.71. The first-order valence-corrected chi connectivity index (χ1v) is 11.5. The zero-order chi connectivity index (χ0) is 24.4. The van der Waals surface area contributed by atoms with E-state index in [4.69, 9.17) is 9.47 Å². The summed E-state index contributed by atoms with van der Waals surface area (Å²) >= 11 is 0. The van der Waals surface area contributed by atoms with Gasteiger partial charge in [-0.1, -0.05) is 30.3 Å². The highest BCUT2D eigenvalue weighted by molar-refractivity contribution is 5.99. The van der Waals surface area contributed by atoms with Crippen LogP contribution < -0.4 is 15.5 Å². The van der Waals surface area contributed by atoms with E-state index in [-0.39, 0.29) is 41.8 Å². The fraction of sp³-hybridized carbons (Fsp3) is 0.269. The van der Waals surface area contributed by atoms with E-state index in [0.717, 1.165) is 12.8 Å². The highest BCUT2D eigenvalue weighted by Crippen LogP contribution is 2.29. The molecule has 1 fully saturated rings. The number of fused-ring (bicyclic) bond motifs is 2. The Bertz CT molecular complexity index is 1310. The van der Waals surface area contributed by atoms with Crippen molar-refractivity contribution in [2.75, 3.05) is 13.2 Å². The minimum Gasteiger partial charge on any atom is -0.451 e. The van der Waals surface area contributed by atoms with Crippen LogP contribution in [0.4, 0.5) is 4.39 Å². The van der Waals surface area contributed by atoms with Crippen LogP contribution in [0, 0.1) is 5.82 Å². The van der Waals surface area contributed by atoms with Gasteiger partial charge in [-0.05, 0) is 42.7 Å². The fourth-order valence-electron chi connectivity index (χ4n) is 4.27. The predicted octanol–water partition coefficient (Wildman–Crippen LogP) is 3.30. The average molecular weight is 477 g/mol. The number of carbonyl (C=O) groups is 2. The number of ether oxygens (including phenoxy) is 2. The molecular weight excluding hydrogens is 453 g/mol. The van der Waals surface area contributed by atoms with Gasteiger partial charge in [-0.15, -0.1) is 0 Å². The summed E-state index contributed by atoms with van der Waals surface area (Å²) in [6.07, 6.45) is 2.53. The van der Waals surface area contributed by atoms with Gasteiger partial charge in [0.1, 0.15) is 17.1 Å². The first kappa shape index (κ1) is 22.8. The molecule has 3 heterocycles. The lowest BCUT2D eigenvalue weighted by Crippen LogP contribution is -2.50. The van der Waals surface area contributed by atoms with E-state index in [2.05, 4.69) is 5.32 Å². The molecule has 1 unspecified atom stereocenters. The number of para-hydroxylation sites is 1. The number of nitrogens with zero attached hydrogens (tertiary/aromatic N) is 2. The zero-order valence-electron chi connectivity index (χ0n) is 18.9. The summed E-state index contributed by atoms with van der Waals surface area (Å²) in [7, 11) is 0. The van der Waals surface area contributed by atoms with E-state index in [1.54, 1.807) is 51.9 Å². The first-order valence-electron chi connectivity index (χ1n) is 11.5. The van der Waals surface area contributed by atoms with Crippen molar-refractivity contribution in [1.29, 1.82) is 0 Å². The third kappa shape index (κ3) is 4.67. The molecular formula is C26H24FN3O5. The third-order valence-electron chi connectivity index (χ3n) is 6.08. The van der Waals surface area contributed by atoms with Crippen molar-refractivity contribution < 1.29 is 23.5 Å². The Morgan fingerprint density at radius 3 is 2.63 bits per heavy atom. The van der Waals surface area contributed by atoms with E-state index < -0.39 is 17.6 Å². The molecule has 1 aromatic heterocycles. The monoisotopic (exact) mass is 477 g/mol. The summed E-state index contributed by atoms with van der Waals surface area (Å²) in [4.78, 5) is 41.6. The van der Waals surface area contributed by atoms with E-state index in [9.17, 15) is 18.8 Å². The number of carbonyl (C=O) groups excluding carboxylic acids is 2. The van der Waals surface area contributed by atoms with Crippen LogP contribution in [0.25, 0.3) is 0 Å². The van der Waals surface area contributed by atoms with Gasteiger partial charge in [-0.3, -0.25) is 14.4 Å². The molecule has 0 saturated carbocycles. The maximum atomic E-state index is 13.5. The van der Waals surface area contributed by atoms with E-state index in [1.165, 1.54) is 18.3 Å². The van der Waals surface area contributed by atoms with E-state index in [0.29, 0.717) is 24.5 Å². The number of nitrogens with one attached hydrogen (secondary N) is 1. The van der Waals surface area contributed by atoms with Crippen molar-refractivity contribution >= 4 is 11.8 Å². The number of hydrogen-bond donors (Lipinski definition) is 1. The van der Waals surface area contributed by atoms with Gasteiger partial charge in [0, 0.05) is 25.9 Å². The molecule has 0 radical (unpaired) electrons. The molecule has 0 bridgehead atoms. The van der Waals surface area contributed by atoms with E-state index in [1.807, 2.05) is 0 Å². The van der Waals surface area contributed by atoms with Gasteiger partial charge < -0.3 is 24.3 Å². The summed E-state index contributed by atoms with van der Waals surface area (Å²) in [5.41, 5.74) is -0.0668. The van der Waals surface area contributed by atoms with Gasteiger partial charge in [0.05, 0.1) is 6.54 Å². The molecule has 1 N–H and O–H groups in total. The van der Waals surface area contributed by atoms with Crippen molar-refractivity contribution in [1.82, 2.24) is 14.8 Å².